The molecule has 1 aromatic heterocycles. The van der Waals surface area contributed by atoms with Crippen molar-refractivity contribution in [1.82, 2.24) is 4.98 Å². The normalized spacial score (nSPS) is 26.8. The van der Waals surface area contributed by atoms with Crippen molar-refractivity contribution in [2.24, 2.45) is 5.41 Å². The molecule has 2 fully saturated rings. The zero-order valence-corrected chi connectivity index (χ0v) is 19.5. The number of fused-ring (bicyclic) bond motifs is 1. The highest BCUT2D eigenvalue weighted by Crippen LogP contribution is 2.41. The Bertz CT molecular complexity index is 1200. The van der Waals surface area contributed by atoms with Crippen molar-refractivity contribution < 1.29 is 27.8 Å². The Morgan fingerprint density at radius 2 is 1.80 bits per heavy atom. The second-order valence-corrected chi connectivity index (χ2v) is 10.2. The van der Waals surface area contributed by atoms with Gasteiger partial charge >= 0.3 is 6.18 Å². The number of hydrogen-bond donors (Lipinski definition) is 3. The number of H-pyrrole nitrogens is 1. The Labute approximate surface area is 201 Å². The maximum absolute atomic E-state index is 13.0. The summed E-state index contributed by atoms with van der Waals surface area (Å²) in [5, 5.41) is 13.7. The zero-order valence-electron chi connectivity index (χ0n) is 19.5. The maximum atomic E-state index is 13.0. The third-order valence-corrected chi connectivity index (χ3v) is 7.62. The minimum Gasteiger partial charge on any atom is -0.490 e. The van der Waals surface area contributed by atoms with E-state index in [1.54, 1.807) is 18.3 Å². The van der Waals surface area contributed by atoms with Gasteiger partial charge in [0.05, 0.1) is 23.5 Å². The molecule has 1 heterocycles. The second kappa shape index (κ2) is 8.90. The summed E-state index contributed by atoms with van der Waals surface area (Å²) < 4.78 is 44.5. The number of aromatic nitrogens is 1. The molecular weight excluding hydrogens is 457 g/mol. The minimum absolute atomic E-state index is 0.00990. The van der Waals surface area contributed by atoms with E-state index in [9.17, 15) is 23.1 Å². The van der Waals surface area contributed by atoms with Crippen molar-refractivity contribution in [2.75, 3.05) is 5.32 Å². The quantitative estimate of drug-likeness (QED) is 0.391. The fourth-order valence-electron chi connectivity index (χ4n) is 5.09. The van der Waals surface area contributed by atoms with Gasteiger partial charge in [0.2, 0.25) is 5.91 Å². The molecule has 186 valence electrons. The molecule has 0 atom stereocenters. The summed E-state index contributed by atoms with van der Waals surface area (Å²) in [4.78, 5) is 16.2. The van der Waals surface area contributed by atoms with Gasteiger partial charge in [-0.3, -0.25) is 4.79 Å². The van der Waals surface area contributed by atoms with E-state index in [0.29, 0.717) is 37.1 Å². The SMILES string of the molecule is CC1(C(=O)Nc2c[nH]c3ccc(OC4CC(c5ccc(C(F)(F)F)cc5)C4)cc23)CCC(O)CC1. The Balaban J connectivity index is 1.21. The molecule has 8 heteroatoms. The van der Waals surface area contributed by atoms with Crippen molar-refractivity contribution in [2.45, 2.75) is 69.8 Å². The second-order valence-electron chi connectivity index (χ2n) is 10.2. The van der Waals surface area contributed by atoms with Crippen molar-refractivity contribution in [3.63, 3.8) is 0 Å². The summed E-state index contributed by atoms with van der Waals surface area (Å²) in [6.45, 7) is 1.95. The molecule has 0 spiro atoms. The monoisotopic (exact) mass is 486 g/mol. The average Bonchev–Trinajstić information content (AvgIpc) is 3.19. The van der Waals surface area contributed by atoms with Gasteiger partial charge in [0.1, 0.15) is 5.75 Å². The summed E-state index contributed by atoms with van der Waals surface area (Å²) in [5.74, 6) is 0.827. The molecule has 0 radical (unpaired) electrons. The van der Waals surface area contributed by atoms with Gasteiger partial charge in [-0.1, -0.05) is 19.1 Å². The van der Waals surface area contributed by atoms with E-state index in [1.165, 1.54) is 0 Å². The van der Waals surface area contributed by atoms with Crippen molar-refractivity contribution in [1.29, 1.82) is 0 Å². The number of aliphatic hydroxyl groups is 1. The van der Waals surface area contributed by atoms with Crippen LogP contribution < -0.4 is 10.1 Å². The molecular formula is C27H29F3N2O3. The Hall–Kier alpha value is -3.00. The molecule has 0 bridgehead atoms. The van der Waals surface area contributed by atoms with Crippen LogP contribution in [0.3, 0.4) is 0 Å². The number of aromatic amines is 1. The largest absolute Gasteiger partial charge is 0.490 e. The summed E-state index contributed by atoms with van der Waals surface area (Å²) in [5.41, 5.74) is 1.34. The molecule has 0 aliphatic heterocycles. The number of rotatable bonds is 5. The first-order valence-electron chi connectivity index (χ1n) is 12.1. The molecule has 2 aromatic carbocycles. The van der Waals surface area contributed by atoms with Gasteiger partial charge in [0, 0.05) is 22.5 Å². The van der Waals surface area contributed by atoms with Gasteiger partial charge in [-0.15, -0.1) is 0 Å². The Morgan fingerprint density at radius 3 is 2.46 bits per heavy atom. The van der Waals surface area contributed by atoms with Crippen LogP contribution in [-0.2, 0) is 11.0 Å². The van der Waals surface area contributed by atoms with E-state index in [4.69, 9.17) is 4.74 Å². The standard InChI is InChI=1S/C27H29F3N2O3/c1-26(10-8-19(33)9-11-26)25(34)32-24-15-31-23-7-6-20(14-22(23)24)35-21-12-17(13-21)16-2-4-18(5-3-16)27(28,29)30/h2-7,14-15,17,19,21,31,33H,8-13H2,1H3,(H,32,34). The van der Waals surface area contributed by atoms with Gasteiger partial charge in [0.15, 0.2) is 0 Å². The minimum atomic E-state index is -4.32. The van der Waals surface area contributed by atoms with E-state index in [2.05, 4.69) is 10.3 Å². The van der Waals surface area contributed by atoms with E-state index in [-0.39, 0.29) is 24.0 Å². The first-order chi connectivity index (χ1) is 16.6. The lowest BCUT2D eigenvalue weighted by molar-refractivity contribution is -0.137. The van der Waals surface area contributed by atoms with E-state index in [0.717, 1.165) is 41.4 Å². The lowest BCUT2D eigenvalue weighted by Crippen LogP contribution is -2.38. The van der Waals surface area contributed by atoms with Crippen LogP contribution in [0.25, 0.3) is 10.9 Å². The molecule has 2 aliphatic carbocycles. The number of benzene rings is 2. The molecule has 0 saturated heterocycles. The third-order valence-electron chi connectivity index (χ3n) is 7.62. The highest BCUT2D eigenvalue weighted by atomic mass is 19.4. The van der Waals surface area contributed by atoms with Gasteiger partial charge in [-0.2, -0.15) is 13.2 Å². The fourth-order valence-corrected chi connectivity index (χ4v) is 5.09. The molecule has 3 aromatic rings. The number of ether oxygens (including phenoxy) is 1. The number of nitrogens with one attached hydrogen (secondary N) is 2. The molecule has 3 N–H and O–H groups in total. The van der Waals surface area contributed by atoms with Crippen LogP contribution in [0.4, 0.5) is 18.9 Å². The predicted octanol–water partition coefficient (Wildman–Crippen LogP) is 6.39. The fraction of sp³-hybridized carbons (Fsp3) is 0.444. The van der Waals surface area contributed by atoms with Crippen LogP contribution in [0.2, 0.25) is 0 Å². The summed E-state index contributed by atoms with van der Waals surface area (Å²) in [6.07, 6.45) is 1.16. The molecule has 5 rings (SSSR count). The van der Waals surface area contributed by atoms with E-state index in [1.807, 2.05) is 25.1 Å². The number of halogens is 3. The van der Waals surface area contributed by atoms with E-state index >= 15 is 0 Å². The first kappa shape index (κ1) is 23.7. The molecule has 2 aliphatic rings. The van der Waals surface area contributed by atoms with Crippen LogP contribution >= 0.6 is 0 Å². The lowest BCUT2D eigenvalue weighted by atomic mass is 9.74. The molecule has 0 unspecified atom stereocenters. The lowest BCUT2D eigenvalue weighted by Gasteiger charge is -2.36. The smallest absolute Gasteiger partial charge is 0.416 e. The molecule has 5 nitrogen and oxygen atoms in total. The number of anilines is 1. The number of carbonyl (C=O) groups excluding carboxylic acids is 1. The van der Waals surface area contributed by atoms with Crippen LogP contribution in [0.5, 0.6) is 5.75 Å². The van der Waals surface area contributed by atoms with Gasteiger partial charge in [-0.05, 0) is 80.3 Å². The molecule has 1 amide bonds. The van der Waals surface area contributed by atoms with Gasteiger partial charge < -0.3 is 20.1 Å². The third kappa shape index (κ3) is 4.89. The summed E-state index contributed by atoms with van der Waals surface area (Å²) in [6, 6.07) is 11.1. The molecule has 35 heavy (non-hydrogen) atoms. The van der Waals surface area contributed by atoms with Crippen LogP contribution in [0.1, 0.15) is 62.5 Å². The number of hydrogen-bond acceptors (Lipinski definition) is 3. The van der Waals surface area contributed by atoms with Crippen LogP contribution in [0, 0.1) is 5.41 Å². The first-order valence-corrected chi connectivity index (χ1v) is 12.1. The van der Waals surface area contributed by atoms with Gasteiger partial charge in [0.25, 0.3) is 0 Å². The number of amides is 1. The highest BCUT2D eigenvalue weighted by Gasteiger charge is 2.37. The number of aliphatic hydroxyl groups excluding tert-OH is 1. The van der Waals surface area contributed by atoms with Crippen LogP contribution in [-0.4, -0.2) is 28.2 Å². The summed E-state index contributed by atoms with van der Waals surface area (Å²) >= 11 is 0. The molecule has 2 saturated carbocycles. The highest BCUT2D eigenvalue weighted by molar-refractivity contribution is 6.03. The van der Waals surface area contributed by atoms with Crippen molar-refractivity contribution in [3.8, 4) is 5.75 Å². The average molecular weight is 487 g/mol. The van der Waals surface area contributed by atoms with Gasteiger partial charge in [-0.25, -0.2) is 0 Å². The van der Waals surface area contributed by atoms with Crippen LogP contribution in [0.15, 0.2) is 48.7 Å². The number of carbonyl (C=O) groups is 1. The Kier molecular flexibility index (Phi) is 6.03. The summed E-state index contributed by atoms with van der Waals surface area (Å²) in [7, 11) is 0. The topological polar surface area (TPSA) is 74.4 Å². The van der Waals surface area contributed by atoms with Crippen molar-refractivity contribution >= 4 is 22.5 Å². The van der Waals surface area contributed by atoms with E-state index < -0.39 is 17.2 Å². The zero-order chi connectivity index (χ0) is 24.8. The maximum Gasteiger partial charge on any atom is 0.416 e. The Morgan fingerprint density at radius 1 is 1.11 bits per heavy atom. The number of alkyl halides is 3. The predicted molar refractivity (Wildman–Crippen MR) is 127 cm³/mol. The van der Waals surface area contributed by atoms with Crippen molar-refractivity contribution in [3.05, 3.63) is 59.8 Å².